The molecule has 0 aliphatic heterocycles. The van der Waals surface area contributed by atoms with E-state index in [1.165, 1.54) is 12.1 Å². The van der Waals surface area contributed by atoms with E-state index in [-0.39, 0.29) is 24.6 Å². The minimum Gasteiger partial charge on any atom is -0.373 e. The van der Waals surface area contributed by atoms with Crippen molar-refractivity contribution in [2.45, 2.75) is 13.8 Å². The number of hydrogen-bond donors (Lipinski definition) is 0. The highest BCUT2D eigenvalue weighted by Crippen LogP contribution is 2.22. The van der Waals surface area contributed by atoms with E-state index in [9.17, 15) is 20.2 Å². The Bertz CT molecular complexity index is 830. The molecule has 0 spiro atoms. The third-order valence-corrected chi connectivity index (χ3v) is 3.78. The van der Waals surface area contributed by atoms with Gasteiger partial charge in [-0.15, -0.1) is 0 Å². The van der Waals surface area contributed by atoms with E-state index in [1.54, 1.807) is 48.6 Å². The molecule has 0 aliphatic carbocycles. The summed E-state index contributed by atoms with van der Waals surface area (Å²) in [6.07, 6.45) is 6.70. The summed E-state index contributed by atoms with van der Waals surface area (Å²) in [7, 11) is 0. The van der Waals surface area contributed by atoms with Crippen molar-refractivity contribution in [3.05, 3.63) is 91.0 Å². The second kappa shape index (κ2) is 9.40. The van der Waals surface area contributed by atoms with Gasteiger partial charge in [-0.25, -0.2) is 0 Å². The molecule has 27 heavy (non-hydrogen) atoms. The summed E-state index contributed by atoms with van der Waals surface area (Å²) in [5, 5.41) is 22.0. The van der Waals surface area contributed by atoms with E-state index in [1.807, 2.05) is 13.8 Å². The molecule has 0 heterocycles. The molecule has 0 atom stereocenters. The molecule has 0 N–H and O–H groups in total. The predicted molar refractivity (Wildman–Crippen MR) is 105 cm³/mol. The largest absolute Gasteiger partial charge is 0.373 e. The lowest BCUT2D eigenvalue weighted by atomic mass is 10.1. The van der Waals surface area contributed by atoms with Crippen LogP contribution >= 0.6 is 0 Å². The van der Waals surface area contributed by atoms with Crippen molar-refractivity contribution in [1.82, 2.24) is 0 Å². The monoisotopic (exact) mass is 368 g/mol. The molecule has 2 aromatic rings. The zero-order valence-corrected chi connectivity index (χ0v) is 15.1. The molecule has 0 radical (unpaired) electrons. The highest BCUT2D eigenvalue weighted by atomic mass is 16.6. The Morgan fingerprint density at radius 1 is 0.815 bits per heavy atom. The van der Waals surface area contributed by atoms with E-state index in [0.717, 1.165) is 11.1 Å². The summed E-state index contributed by atoms with van der Waals surface area (Å²) >= 11 is 0. The standard InChI is InChI=1S/C20H20N2O5/c1-15-7-9-19(21(23)24)17(13-15)5-3-11-27-12-4-6-18-14-16(2)8-10-20(18)22(25)26/h3-10,13-14H,11-12H2,1-2H3. The van der Waals surface area contributed by atoms with Gasteiger partial charge < -0.3 is 4.74 Å². The van der Waals surface area contributed by atoms with Gasteiger partial charge in [-0.3, -0.25) is 20.2 Å². The number of nitrogens with zero attached hydrogens (tertiary/aromatic N) is 2. The van der Waals surface area contributed by atoms with Crippen molar-refractivity contribution < 1.29 is 14.6 Å². The van der Waals surface area contributed by atoms with Gasteiger partial charge in [0.1, 0.15) is 0 Å². The van der Waals surface area contributed by atoms with Crippen molar-refractivity contribution in [1.29, 1.82) is 0 Å². The van der Waals surface area contributed by atoms with Crippen LogP contribution in [-0.2, 0) is 4.74 Å². The smallest absolute Gasteiger partial charge is 0.276 e. The van der Waals surface area contributed by atoms with Gasteiger partial charge >= 0.3 is 0 Å². The summed E-state index contributed by atoms with van der Waals surface area (Å²) in [6.45, 7) is 4.27. The second-order valence-electron chi connectivity index (χ2n) is 5.98. The summed E-state index contributed by atoms with van der Waals surface area (Å²) in [5.74, 6) is 0. The number of benzene rings is 2. The van der Waals surface area contributed by atoms with Gasteiger partial charge in [0.05, 0.1) is 34.2 Å². The first-order valence-electron chi connectivity index (χ1n) is 8.29. The summed E-state index contributed by atoms with van der Waals surface area (Å²) in [4.78, 5) is 21.2. The summed E-state index contributed by atoms with van der Waals surface area (Å²) in [6, 6.07) is 9.83. The van der Waals surface area contributed by atoms with E-state index in [4.69, 9.17) is 4.74 Å². The van der Waals surface area contributed by atoms with Crippen LogP contribution in [0.2, 0.25) is 0 Å². The second-order valence-corrected chi connectivity index (χ2v) is 5.98. The Hall–Kier alpha value is -3.32. The maximum absolute atomic E-state index is 11.0. The molecule has 0 unspecified atom stereocenters. The van der Waals surface area contributed by atoms with Crippen LogP contribution in [0.25, 0.3) is 12.2 Å². The van der Waals surface area contributed by atoms with Gasteiger partial charge in [0.15, 0.2) is 0 Å². The Kier molecular flexibility index (Phi) is 6.96. The topological polar surface area (TPSA) is 95.5 Å². The van der Waals surface area contributed by atoms with Crippen LogP contribution in [0, 0.1) is 34.1 Å². The van der Waals surface area contributed by atoms with Crippen molar-refractivity contribution >= 4 is 23.5 Å². The fourth-order valence-corrected chi connectivity index (χ4v) is 2.50. The number of ether oxygens (including phenoxy) is 1. The molecule has 7 heteroatoms. The highest BCUT2D eigenvalue weighted by molar-refractivity contribution is 5.62. The number of aryl methyl sites for hydroxylation is 2. The minimum atomic E-state index is -0.419. The van der Waals surface area contributed by atoms with Crippen LogP contribution in [0.1, 0.15) is 22.3 Å². The van der Waals surface area contributed by atoms with Crippen LogP contribution in [-0.4, -0.2) is 23.1 Å². The summed E-state index contributed by atoms with van der Waals surface area (Å²) in [5.41, 5.74) is 3.00. The number of rotatable bonds is 8. The SMILES string of the molecule is Cc1ccc([N+](=O)[O-])c(C=CCOCC=Cc2cc(C)ccc2[N+](=O)[O-])c1. The zero-order chi connectivity index (χ0) is 19.8. The van der Waals surface area contributed by atoms with E-state index < -0.39 is 9.85 Å². The van der Waals surface area contributed by atoms with Crippen molar-refractivity contribution in [3.8, 4) is 0 Å². The average Bonchev–Trinajstić information content (AvgIpc) is 2.60. The molecule has 0 saturated carbocycles. The molecular weight excluding hydrogens is 348 g/mol. The fraction of sp³-hybridized carbons (Fsp3) is 0.200. The maximum Gasteiger partial charge on any atom is 0.276 e. The first-order chi connectivity index (χ1) is 12.9. The highest BCUT2D eigenvalue weighted by Gasteiger charge is 2.11. The molecule has 0 fully saturated rings. The number of nitro benzene ring substituents is 2. The van der Waals surface area contributed by atoms with Gasteiger partial charge in [0, 0.05) is 12.1 Å². The molecule has 0 saturated heterocycles. The lowest BCUT2D eigenvalue weighted by molar-refractivity contribution is -0.385. The Morgan fingerprint density at radius 2 is 1.22 bits per heavy atom. The molecule has 0 aromatic heterocycles. The van der Waals surface area contributed by atoms with Gasteiger partial charge in [0.25, 0.3) is 11.4 Å². The lowest BCUT2D eigenvalue weighted by Gasteiger charge is -2.01. The molecule has 7 nitrogen and oxygen atoms in total. The van der Waals surface area contributed by atoms with Crippen molar-refractivity contribution in [3.63, 3.8) is 0 Å². The van der Waals surface area contributed by atoms with E-state index in [0.29, 0.717) is 11.1 Å². The van der Waals surface area contributed by atoms with Crippen molar-refractivity contribution in [2.24, 2.45) is 0 Å². The maximum atomic E-state index is 11.0. The van der Waals surface area contributed by atoms with E-state index >= 15 is 0 Å². The zero-order valence-electron chi connectivity index (χ0n) is 15.1. The third kappa shape index (κ3) is 5.86. The van der Waals surface area contributed by atoms with Crippen molar-refractivity contribution in [2.75, 3.05) is 13.2 Å². The predicted octanol–water partition coefficient (Wildman–Crippen LogP) is 4.86. The van der Waals surface area contributed by atoms with Crippen LogP contribution in [0.15, 0.2) is 48.6 Å². The third-order valence-electron chi connectivity index (χ3n) is 3.78. The van der Waals surface area contributed by atoms with Crippen LogP contribution in [0.3, 0.4) is 0 Å². The number of hydrogen-bond acceptors (Lipinski definition) is 5. The molecule has 2 rings (SSSR count). The molecule has 0 amide bonds. The van der Waals surface area contributed by atoms with Gasteiger partial charge in [-0.2, -0.15) is 0 Å². The Balaban J connectivity index is 1.92. The van der Waals surface area contributed by atoms with Crippen LogP contribution in [0.5, 0.6) is 0 Å². The van der Waals surface area contributed by atoms with Gasteiger partial charge in [-0.1, -0.05) is 35.4 Å². The van der Waals surface area contributed by atoms with Crippen LogP contribution < -0.4 is 0 Å². The molecule has 0 bridgehead atoms. The fourth-order valence-electron chi connectivity index (χ4n) is 2.50. The molecule has 140 valence electrons. The van der Waals surface area contributed by atoms with E-state index in [2.05, 4.69) is 0 Å². The Morgan fingerprint density at radius 3 is 1.59 bits per heavy atom. The van der Waals surface area contributed by atoms with Gasteiger partial charge in [0.2, 0.25) is 0 Å². The first kappa shape index (κ1) is 20.0. The minimum absolute atomic E-state index is 0.0449. The average molecular weight is 368 g/mol. The first-order valence-corrected chi connectivity index (χ1v) is 8.29. The quantitative estimate of drug-likeness (QED) is 0.376. The van der Waals surface area contributed by atoms with Crippen LogP contribution in [0.4, 0.5) is 11.4 Å². The molecule has 2 aromatic carbocycles. The number of nitro groups is 2. The Labute approximate surface area is 156 Å². The molecule has 0 aliphatic rings. The van der Waals surface area contributed by atoms with Gasteiger partial charge in [-0.05, 0) is 38.1 Å². The lowest BCUT2D eigenvalue weighted by Crippen LogP contribution is -1.94. The molecular formula is C20H20N2O5. The normalized spacial score (nSPS) is 11.3. The summed E-state index contributed by atoms with van der Waals surface area (Å²) < 4.78 is 5.42.